The van der Waals surface area contributed by atoms with E-state index >= 15 is 0 Å². The molecule has 24 heavy (non-hydrogen) atoms. The highest BCUT2D eigenvalue weighted by atomic mass is 16.3. The largest absolute Gasteiger partial charge is 0.392 e. The van der Waals surface area contributed by atoms with Crippen molar-refractivity contribution < 1.29 is 5.11 Å². The molecule has 0 amide bonds. The van der Waals surface area contributed by atoms with Crippen LogP contribution in [0.1, 0.15) is 12.0 Å². The van der Waals surface area contributed by atoms with Crippen molar-refractivity contribution in [1.29, 1.82) is 0 Å². The first-order chi connectivity index (χ1) is 11.8. The Morgan fingerprint density at radius 2 is 1.88 bits per heavy atom. The summed E-state index contributed by atoms with van der Waals surface area (Å²) in [5, 5.41) is 14.5. The van der Waals surface area contributed by atoms with E-state index in [1.54, 1.807) is 0 Å². The highest BCUT2D eigenvalue weighted by Gasteiger charge is 2.22. The SMILES string of the molecule is O[C@@H]1CNCC[C@H]1Cc1ccc(-c2cnc3ccccc3c2)cc1. The van der Waals surface area contributed by atoms with Crippen LogP contribution < -0.4 is 5.32 Å². The zero-order valence-corrected chi connectivity index (χ0v) is 13.7. The fourth-order valence-electron chi connectivity index (χ4n) is 3.50. The smallest absolute Gasteiger partial charge is 0.0702 e. The zero-order chi connectivity index (χ0) is 16.4. The number of hydrogen-bond acceptors (Lipinski definition) is 3. The maximum Gasteiger partial charge on any atom is 0.0702 e. The summed E-state index contributed by atoms with van der Waals surface area (Å²) in [6.45, 7) is 1.72. The number of rotatable bonds is 3. The van der Waals surface area contributed by atoms with E-state index in [1.165, 1.54) is 11.1 Å². The van der Waals surface area contributed by atoms with Gasteiger partial charge in [0.1, 0.15) is 0 Å². The summed E-state index contributed by atoms with van der Waals surface area (Å²) in [5.41, 5.74) is 4.64. The molecule has 0 aliphatic carbocycles. The van der Waals surface area contributed by atoms with Gasteiger partial charge in [0.05, 0.1) is 11.6 Å². The molecule has 2 N–H and O–H groups in total. The molecule has 4 rings (SSSR count). The van der Waals surface area contributed by atoms with Crippen molar-refractivity contribution in [2.75, 3.05) is 13.1 Å². The fraction of sp³-hybridized carbons (Fsp3) is 0.286. The van der Waals surface area contributed by atoms with Crippen LogP contribution in [0.5, 0.6) is 0 Å². The number of para-hydroxylation sites is 1. The molecule has 1 aromatic heterocycles. The van der Waals surface area contributed by atoms with Gasteiger partial charge in [-0.3, -0.25) is 4.98 Å². The van der Waals surface area contributed by atoms with E-state index in [0.29, 0.717) is 12.5 Å². The van der Waals surface area contributed by atoms with Crippen molar-refractivity contribution in [2.45, 2.75) is 18.9 Å². The Morgan fingerprint density at radius 3 is 2.71 bits per heavy atom. The normalized spacial score (nSPS) is 21.0. The second-order valence-electron chi connectivity index (χ2n) is 6.64. The van der Waals surface area contributed by atoms with Crippen LogP contribution in [-0.4, -0.2) is 29.3 Å². The maximum absolute atomic E-state index is 10.1. The van der Waals surface area contributed by atoms with E-state index in [1.807, 2.05) is 24.4 Å². The summed E-state index contributed by atoms with van der Waals surface area (Å²) < 4.78 is 0. The molecule has 1 aliphatic rings. The lowest BCUT2D eigenvalue weighted by Crippen LogP contribution is -2.41. The Bertz CT molecular complexity index is 829. The standard InChI is InChI=1S/C21H22N2O/c24-21-14-22-10-9-18(21)11-15-5-7-16(8-6-15)19-12-17-3-1-2-4-20(17)23-13-19/h1-8,12-13,18,21-22,24H,9-11,14H2/t18-,21+/m0/s1. The van der Waals surface area contributed by atoms with E-state index in [-0.39, 0.29) is 6.10 Å². The molecule has 1 aliphatic heterocycles. The number of aliphatic hydroxyl groups excluding tert-OH is 1. The zero-order valence-electron chi connectivity index (χ0n) is 13.7. The first-order valence-electron chi connectivity index (χ1n) is 8.62. The van der Waals surface area contributed by atoms with Crippen LogP contribution in [0, 0.1) is 5.92 Å². The lowest BCUT2D eigenvalue weighted by Gasteiger charge is -2.28. The van der Waals surface area contributed by atoms with Crippen molar-refractivity contribution in [3.05, 3.63) is 66.4 Å². The van der Waals surface area contributed by atoms with Crippen LogP contribution in [0.3, 0.4) is 0 Å². The average molecular weight is 318 g/mol. The first-order valence-corrected chi connectivity index (χ1v) is 8.62. The van der Waals surface area contributed by atoms with Gasteiger partial charge in [-0.2, -0.15) is 0 Å². The topological polar surface area (TPSA) is 45.1 Å². The Labute approximate surface area is 142 Å². The minimum atomic E-state index is -0.233. The molecule has 2 heterocycles. The van der Waals surface area contributed by atoms with Crippen molar-refractivity contribution >= 4 is 10.9 Å². The average Bonchev–Trinajstić information content (AvgIpc) is 2.64. The third kappa shape index (κ3) is 3.18. The number of benzene rings is 2. The molecule has 1 fully saturated rings. The second-order valence-corrected chi connectivity index (χ2v) is 6.64. The molecule has 1 saturated heterocycles. The number of aliphatic hydroxyl groups is 1. The van der Waals surface area contributed by atoms with Gasteiger partial charge in [-0.1, -0.05) is 42.5 Å². The van der Waals surface area contributed by atoms with Gasteiger partial charge in [0, 0.05) is 23.7 Å². The molecule has 0 spiro atoms. The van der Waals surface area contributed by atoms with Crippen molar-refractivity contribution in [1.82, 2.24) is 10.3 Å². The number of β-amino-alcohol motifs (C(OH)–C–C–N with tert-alkyl or cyclic N) is 1. The molecule has 0 saturated carbocycles. The van der Waals surface area contributed by atoms with Gasteiger partial charge in [0.25, 0.3) is 0 Å². The molecule has 3 aromatic rings. The lowest BCUT2D eigenvalue weighted by atomic mass is 9.88. The van der Waals surface area contributed by atoms with E-state index in [4.69, 9.17) is 0 Å². The molecule has 3 heteroatoms. The molecule has 0 bridgehead atoms. The molecule has 122 valence electrons. The van der Waals surface area contributed by atoms with Gasteiger partial charge in [-0.15, -0.1) is 0 Å². The van der Waals surface area contributed by atoms with Crippen molar-refractivity contribution in [3.8, 4) is 11.1 Å². The van der Waals surface area contributed by atoms with Crippen LogP contribution in [-0.2, 0) is 6.42 Å². The molecule has 0 radical (unpaired) electrons. The Balaban J connectivity index is 1.54. The summed E-state index contributed by atoms with van der Waals surface area (Å²) in [5.74, 6) is 0.361. The Morgan fingerprint density at radius 1 is 1.04 bits per heavy atom. The minimum absolute atomic E-state index is 0.233. The third-order valence-electron chi connectivity index (χ3n) is 4.97. The second kappa shape index (κ2) is 6.71. The van der Waals surface area contributed by atoms with Crippen LogP contribution >= 0.6 is 0 Å². The number of nitrogens with one attached hydrogen (secondary N) is 1. The third-order valence-corrected chi connectivity index (χ3v) is 4.97. The van der Waals surface area contributed by atoms with E-state index < -0.39 is 0 Å². The number of nitrogens with zero attached hydrogens (tertiary/aromatic N) is 1. The Hall–Kier alpha value is -2.23. The molecule has 2 aromatic carbocycles. The summed E-state index contributed by atoms with van der Waals surface area (Å²) in [6, 6.07) is 19.1. The molecule has 0 unspecified atom stereocenters. The minimum Gasteiger partial charge on any atom is -0.392 e. The molecular formula is C21H22N2O. The van der Waals surface area contributed by atoms with Gasteiger partial charge in [-0.25, -0.2) is 0 Å². The van der Waals surface area contributed by atoms with Gasteiger partial charge < -0.3 is 10.4 Å². The van der Waals surface area contributed by atoms with E-state index in [2.05, 4.69) is 46.7 Å². The summed E-state index contributed by atoms with van der Waals surface area (Å²) in [4.78, 5) is 4.54. The highest BCUT2D eigenvalue weighted by Crippen LogP contribution is 2.25. The first kappa shape index (κ1) is 15.3. The van der Waals surface area contributed by atoms with E-state index in [9.17, 15) is 5.11 Å². The summed E-state index contributed by atoms with van der Waals surface area (Å²) in [7, 11) is 0. The molecule has 3 nitrogen and oxygen atoms in total. The van der Waals surface area contributed by atoms with Crippen LogP contribution in [0.4, 0.5) is 0 Å². The molecular weight excluding hydrogens is 296 g/mol. The fourth-order valence-corrected chi connectivity index (χ4v) is 3.50. The quantitative estimate of drug-likeness (QED) is 0.778. The molecule has 2 atom stereocenters. The summed E-state index contributed by atoms with van der Waals surface area (Å²) in [6.07, 6.45) is 3.69. The number of aromatic nitrogens is 1. The Kier molecular flexibility index (Phi) is 4.28. The number of piperidine rings is 1. The number of hydrogen-bond donors (Lipinski definition) is 2. The van der Waals surface area contributed by atoms with Crippen molar-refractivity contribution in [2.24, 2.45) is 5.92 Å². The predicted octanol–water partition coefficient (Wildman–Crippen LogP) is 3.41. The highest BCUT2D eigenvalue weighted by molar-refractivity contribution is 5.83. The van der Waals surface area contributed by atoms with Crippen LogP contribution in [0.25, 0.3) is 22.0 Å². The number of fused-ring (bicyclic) bond motifs is 1. The van der Waals surface area contributed by atoms with Gasteiger partial charge in [0.15, 0.2) is 0 Å². The maximum atomic E-state index is 10.1. The van der Waals surface area contributed by atoms with Crippen LogP contribution in [0.15, 0.2) is 60.8 Å². The summed E-state index contributed by atoms with van der Waals surface area (Å²) >= 11 is 0. The van der Waals surface area contributed by atoms with Gasteiger partial charge >= 0.3 is 0 Å². The lowest BCUT2D eigenvalue weighted by molar-refractivity contribution is 0.0820. The van der Waals surface area contributed by atoms with Gasteiger partial charge in [-0.05, 0) is 48.6 Å². The van der Waals surface area contributed by atoms with Gasteiger partial charge in [0.2, 0.25) is 0 Å². The number of pyridine rings is 1. The van der Waals surface area contributed by atoms with Crippen LogP contribution in [0.2, 0.25) is 0 Å². The predicted molar refractivity (Wildman–Crippen MR) is 97.9 cm³/mol. The van der Waals surface area contributed by atoms with Crippen molar-refractivity contribution in [3.63, 3.8) is 0 Å². The monoisotopic (exact) mass is 318 g/mol. The van der Waals surface area contributed by atoms with E-state index in [0.717, 1.165) is 35.9 Å².